The molecule has 1 rings (SSSR count). The Morgan fingerprint density at radius 1 is 1.62 bits per heavy atom. The van der Waals surface area contributed by atoms with Crippen molar-refractivity contribution in [2.75, 3.05) is 11.1 Å². The quantitative estimate of drug-likeness (QED) is 0.684. The first-order valence-corrected chi connectivity index (χ1v) is 3.98. The molecule has 0 bridgehead atoms. The molecule has 3 N–H and O–H groups in total. The third-order valence-electron chi connectivity index (χ3n) is 1.60. The Hall–Kier alpha value is -1.58. The molecule has 0 unspecified atom stereocenters. The number of rotatable bonds is 2. The normalized spacial score (nSPS) is 9.69. The van der Waals surface area contributed by atoms with Crippen molar-refractivity contribution in [3.8, 4) is 0 Å². The number of amides is 1. The van der Waals surface area contributed by atoms with E-state index < -0.39 is 5.82 Å². The van der Waals surface area contributed by atoms with Crippen LogP contribution in [0.4, 0.5) is 15.8 Å². The highest BCUT2D eigenvalue weighted by molar-refractivity contribution is 5.90. The maximum Gasteiger partial charge on any atom is 0.224 e. The van der Waals surface area contributed by atoms with Gasteiger partial charge in [0.25, 0.3) is 0 Å². The molecular weight excluding hydrogens is 171 g/mol. The number of carbonyl (C=O) groups excluding carboxylic acids is 1. The number of hydrogen-bond donors (Lipinski definition) is 2. The van der Waals surface area contributed by atoms with Crippen LogP contribution in [0.15, 0.2) is 18.2 Å². The highest BCUT2D eigenvalue weighted by Crippen LogP contribution is 2.16. The van der Waals surface area contributed by atoms with Crippen molar-refractivity contribution >= 4 is 17.3 Å². The second-order valence-corrected chi connectivity index (χ2v) is 2.64. The van der Waals surface area contributed by atoms with Gasteiger partial charge < -0.3 is 11.1 Å². The second-order valence-electron chi connectivity index (χ2n) is 2.64. The monoisotopic (exact) mass is 182 g/mol. The Kier molecular flexibility index (Phi) is 2.84. The molecule has 4 heteroatoms. The fraction of sp³-hybridized carbons (Fsp3) is 0.222. The van der Waals surface area contributed by atoms with E-state index in [9.17, 15) is 9.18 Å². The predicted molar refractivity (Wildman–Crippen MR) is 49.7 cm³/mol. The molecule has 0 heterocycles. The van der Waals surface area contributed by atoms with Crippen molar-refractivity contribution in [3.05, 3.63) is 24.0 Å². The minimum atomic E-state index is -0.477. The van der Waals surface area contributed by atoms with Crippen LogP contribution in [-0.4, -0.2) is 5.91 Å². The Morgan fingerprint density at radius 3 is 2.85 bits per heavy atom. The molecule has 3 nitrogen and oxygen atoms in total. The highest BCUT2D eigenvalue weighted by atomic mass is 19.1. The number of hydrogen-bond acceptors (Lipinski definition) is 2. The Bertz CT molecular complexity index is 325. The lowest BCUT2D eigenvalue weighted by Gasteiger charge is -2.04. The van der Waals surface area contributed by atoms with E-state index in [4.69, 9.17) is 5.73 Å². The van der Waals surface area contributed by atoms with Gasteiger partial charge in [-0.3, -0.25) is 4.79 Å². The van der Waals surface area contributed by atoms with E-state index in [1.54, 1.807) is 6.92 Å². The highest BCUT2D eigenvalue weighted by Gasteiger charge is 2.01. The van der Waals surface area contributed by atoms with Crippen LogP contribution < -0.4 is 11.1 Å². The molecule has 13 heavy (non-hydrogen) atoms. The van der Waals surface area contributed by atoms with Crippen LogP contribution in [0.2, 0.25) is 0 Å². The van der Waals surface area contributed by atoms with Crippen LogP contribution in [0.5, 0.6) is 0 Å². The summed E-state index contributed by atoms with van der Waals surface area (Å²) >= 11 is 0. The summed E-state index contributed by atoms with van der Waals surface area (Å²) in [6.45, 7) is 1.74. The average molecular weight is 182 g/mol. The SMILES string of the molecule is CCC(=O)Nc1ccc(F)c(N)c1. The minimum absolute atomic E-state index is 0.0360. The molecule has 1 amide bonds. The van der Waals surface area contributed by atoms with Crippen LogP contribution in [0.25, 0.3) is 0 Å². The molecular formula is C9H11FN2O. The largest absolute Gasteiger partial charge is 0.396 e. The number of benzene rings is 1. The molecule has 0 atom stereocenters. The summed E-state index contributed by atoms with van der Waals surface area (Å²) < 4.78 is 12.7. The lowest BCUT2D eigenvalue weighted by atomic mass is 10.2. The van der Waals surface area contributed by atoms with E-state index in [-0.39, 0.29) is 11.6 Å². The van der Waals surface area contributed by atoms with Gasteiger partial charge in [-0.05, 0) is 18.2 Å². The van der Waals surface area contributed by atoms with Gasteiger partial charge in [-0.25, -0.2) is 4.39 Å². The van der Waals surface area contributed by atoms with Gasteiger partial charge in [0.1, 0.15) is 5.82 Å². The number of anilines is 2. The standard InChI is InChI=1S/C9H11FN2O/c1-2-9(13)12-6-3-4-7(10)8(11)5-6/h3-5H,2,11H2,1H3,(H,12,13). The molecule has 0 aliphatic rings. The molecule has 1 aromatic carbocycles. The van der Waals surface area contributed by atoms with Gasteiger partial charge in [0.2, 0.25) is 5.91 Å². The van der Waals surface area contributed by atoms with Crippen LogP contribution >= 0.6 is 0 Å². The first kappa shape index (κ1) is 9.51. The Morgan fingerprint density at radius 2 is 2.31 bits per heavy atom. The number of carbonyl (C=O) groups is 1. The van der Waals surface area contributed by atoms with Crippen molar-refractivity contribution in [2.45, 2.75) is 13.3 Å². The third kappa shape index (κ3) is 2.43. The first-order chi connectivity index (χ1) is 6.13. The maximum atomic E-state index is 12.7. The summed E-state index contributed by atoms with van der Waals surface area (Å²) in [7, 11) is 0. The van der Waals surface area contributed by atoms with Crippen LogP contribution in [0.3, 0.4) is 0 Å². The molecule has 0 spiro atoms. The summed E-state index contributed by atoms with van der Waals surface area (Å²) in [5.41, 5.74) is 5.87. The summed E-state index contributed by atoms with van der Waals surface area (Å²) in [6.07, 6.45) is 0.386. The van der Waals surface area contributed by atoms with E-state index in [0.29, 0.717) is 12.1 Å². The van der Waals surface area contributed by atoms with E-state index >= 15 is 0 Å². The summed E-state index contributed by atoms with van der Waals surface area (Å²) in [6, 6.07) is 4.09. The van der Waals surface area contributed by atoms with Crippen LogP contribution in [-0.2, 0) is 4.79 Å². The van der Waals surface area contributed by atoms with Gasteiger partial charge >= 0.3 is 0 Å². The fourth-order valence-corrected chi connectivity index (χ4v) is 0.871. The molecule has 0 aromatic heterocycles. The molecule has 0 saturated heterocycles. The van der Waals surface area contributed by atoms with Gasteiger partial charge in [-0.1, -0.05) is 6.92 Å². The van der Waals surface area contributed by atoms with Crippen LogP contribution in [0, 0.1) is 5.82 Å². The van der Waals surface area contributed by atoms with Crippen molar-refractivity contribution < 1.29 is 9.18 Å². The maximum absolute atomic E-state index is 12.7. The van der Waals surface area contributed by atoms with E-state index in [0.717, 1.165) is 0 Å². The fourth-order valence-electron chi connectivity index (χ4n) is 0.871. The smallest absolute Gasteiger partial charge is 0.224 e. The van der Waals surface area contributed by atoms with Gasteiger partial charge in [-0.15, -0.1) is 0 Å². The zero-order valence-electron chi connectivity index (χ0n) is 7.30. The van der Waals surface area contributed by atoms with Gasteiger partial charge in [0, 0.05) is 12.1 Å². The molecule has 0 radical (unpaired) electrons. The number of nitrogens with two attached hydrogens (primary N) is 1. The lowest BCUT2D eigenvalue weighted by molar-refractivity contribution is -0.115. The Labute approximate surface area is 75.7 Å². The second kappa shape index (κ2) is 3.89. The molecule has 70 valence electrons. The molecule has 0 aliphatic carbocycles. The van der Waals surface area contributed by atoms with Crippen LogP contribution in [0.1, 0.15) is 13.3 Å². The van der Waals surface area contributed by atoms with Gasteiger partial charge in [0.05, 0.1) is 5.69 Å². The summed E-state index contributed by atoms with van der Waals surface area (Å²) in [5, 5.41) is 2.57. The van der Waals surface area contributed by atoms with E-state index in [2.05, 4.69) is 5.32 Å². The predicted octanol–water partition coefficient (Wildman–Crippen LogP) is 1.76. The molecule has 0 saturated carbocycles. The first-order valence-electron chi connectivity index (χ1n) is 3.98. The minimum Gasteiger partial charge on any atom is -0.396 e. The van der Waals surface area contributed by atoms with E-state index in [1.807, 2.05) is 0 Å². The van der Waals surface area contributed by atoms with Gasteiger partial charge in [0.15, 0.2) is 0 Å². The van der Waals surface area contributed by atoms with Crippen molar-refractivity contribution in [3.63, 3.8) is 0 Å². The molecule has 0 fully saturated rings. The van der Waals surface area contributed by atoms with Gasteiger partial charge in [-0.2, -0.15) is 0 Å². The number of nitrogens with one attached hydrogen (secondary N) is 1. The summed E-state index contributed by atoms with van der Waals surface area (Å²) in [5.74, 6) is -0.597. The zero-order chi connectivity index (χ0) is 9.84. The number of halogens is 1. The van der Waals surface area contributed by atoms with E-state index in [1.165, 1.54) is 18.2 Å². The zero-order valence-corrected chi connectivity index (χ0v) is 7.30. The van der Waals surface area contributed by atoms with Crippen molar-refractivity contribution in [1.82, 2.24) is 0 Å². The topological polar surface area (TPSA) is 55.1 Å². The van der Waals surface area contributed by atoms with Crippen molar-refractivity contribution in [2.24, 2.45) is 0 Å². The Balaban J connectivity index is 2.79. The number of nitrogen functional groups attached to an aromatic ring is 1. The molecule has 1 aromatic rings. The molecule has 0 aliphatic heterocycles. The van der Waals surface area contributed by atoms with Crippen molar-refractivity contribution in [1.29, 1.82) is 0 Å². The third-order valence-corrected chi connectivity index (χ3v) is 1.60. The average Bonchev–Trinajstić information content (AvgIpc) is 2.11. The lowest BCUT2D eigenvalue weighted by Crippen LogP contribution is -2.09. The summed E-state index contributed by atoms with van der Waals surface area (Å²) in [4.78, 5) is 10.9.